The second-order valence-electron chi connectivity index (χ2n) is 4.01. The van der Waals surface area contributed by atoms with E-state index in [1.54, 1.807) is 6.08 Å². The van der Waals surface area contributed by atoms with E-state index < -0.39 is 11.9 Å². The van der Waals surface area contributed by atoms with Crippen molar-refractivity contribution >= 4 is 27.5 Å². The molecule has 80 valence electrons. The molecule has 1 heterocycles. The number of aliphatic hydroxyl groups excluding tert-OH is 1. The van der Waals surface area contributed by atoms with E-state index in [9.17, 15) is 5.11 Å². The third-order valence-electron chi connectivity index (χ3n) is 2.37. The number of alkyl halides is 1. The average molecular weight is 284 g/mol. The van der Waals surface area contributed by atoms with Crippen LogP contribution < -0.4 is 0 Å². The van der Waals surface area contributed by atoms with E-state index in [0.29, 0.717) is 5.03 Å². The summed E-state index contributed by atoms with van der Waals surface area (Å²) in [6.07, 6.45) is 0.477. The molecule has 1 aliphatic carbocycles. The first-order valence-corrected chi connectivity index (χ1v) is 5.75. The van der Waals surface area contributed by atoms with E-state index >= 15 is 0 Å². The van der Waals surface area contributed by atoms with Crippen LogP contribution in [0.5, 0.6) is 0 Å². The second-order valence-corrected chi connectivity index (χ2v) is 5.50. The molecule has 2 aliphatic rings. The molecule has 2 rings (SSSR count). The van der Waals surface area contributed by atoms with Crippen LogP contribution in [0.2, 0.25) is 0 Å². The van der Waals surface area contributed by atoms with E-state index in [-0.39, 0.29) is 17.0 Å². The Morgan fingerprint density at radius 1 is 1.50 bits per heavy atom. The zero-order valence-corrected chi connectivity index (χ0v) is 10.2. The molecule has 0 aromatic rings. The highest BCUT2D eigenvalue weighted by Crippen LogP contribution is 2.40. The van der Waals surface area contributed by atoms with Gasteiger partial charge < -0.3 is 14.6 Å². The second kappa shape index (κ2) is 3.46. The summed E-state index contributed by atoms with van der Waals surface area (Å²) in [6, 6.07) is 0. The number of aliphatic hydroxyl groups is 1. The lowest BCUT2D eigenvalue weighted by Gasteiger charge is -2.28. The van der Waals surface area contributed by atoms with Crippen LogP contribution in [0.4, 0.5) is 0 Å². The molecule has 14 heavy (non-hydrogen) atoms. The van der Waals surface area contributed by atoms with Gasteiger partial charge in [-0.1, -0.05) is 27.5 Å². The molecule has 0 aromatic heterocycles. The van der Waals surface area contributed by atoms with Gasteiger partial charge in [0.1, 0.15) is 12.2 Å². The van der Waals surface area contributed by atoms with Crippen LogP contribution in [0.1, 0.15) is 13.8 Å². The van der Waals surface area contributed by atoms with E-state index in [4.69, 9.17) is 21.1 Å². The van der Waals surface area contributed by atoms with Crippen molar-refractivity contribution in [3.63, 3.8) is 0 Å². The molecule has 3 nitrogen and oxygen atoms in total. The summed E-state index contributed by atoms with van der Waals surface area (Å²) in [4.78, 5) is -0.170. The monoisotopic (exact) mass is 282 g/mol. The number of hydrogen-bond acceptors (Lipinski definition) is 3. The van der Waals surface area contributed by atoms with E-state index in [1.165, 1.54) is 0 Å². The van der Waals surface area contributed by atoms with Crippen molar-refractivity contribution in [3.05, 3.63) is 11.1 Å². The SMILES string of the molecule is CC1(C)O[C@H]2[C@@H](Br)[C@H](O)C=C(Cl)[C@H]2O1. The molecule has 1 fully saturated rings. The smallest absolute Gasteiger partial charge is 0.164 e. The van der Waals surface area contributed by atoms with E-state index in [0.717, 1.165) is 0 Å². The summed E-state index contributed by atoms with van der Waals surface area (Å²) >= 11 is 9.36. The third-order valence-corrected chi connectivity index (χ3v) is 3.77. The Morgan fingerprint density at radius 2 is 2.14 bits per heavy atom. The minimum Gasteiger partial charge on any atom is -0.388 e. The van der Waals surface area contributed by atoms with Crippen molar-refractivity contribution in [2.45, 2.75) is 42.8 Å². The van der Waals surface area contributed by atoms with E-state index in [2.05, 4.69) is 15.9 Å². The largest absolute Gasteiger partial charge is 0.388 e. The number of rotatable bonds is 0. The first-order valence-electron chi connectivity index (χ1n) is 4.46. The molecular formula is C9H12BrClO3. The Morgan fingerprint density at radius 3 is 2.79 bits per heavy atom. The van der Waals surface area contributed by atoms with Crippen LogP contribution in [0.3, 0.4) is 0 Å². The van der Waals surface area contributed by atoms with Gasteiger partial charge in [-0.2, -0.15) is 0 Å². The van der Waals surface area contributed by atoms with Gasteiger partial charge in [0.05, 0.1) is 10.9 Å². The van der Waals surface area contributed by atoms with Gasteiger partial charge in [-0.25, -0.2) is 0 Å². The molecule has 4 atom stereocenters. The molecule has 1 aliphatic heterocycles. The molecule has 0 saturated carbocycles. The fraction of sp³-hybridized carbons (Fsp3) is 0.778. The maximum atomic E-state index is 9.62. The lowest BCUT2D eigenvalue weighted by molar-refractivity contribution is -0.143. The van der Waals surface area contributed by atoms with E-state index in [1.807, 2.05) is 13.8 Å². The molecule has 1 N–H and O–H groups in total. The normalized spacial score (nSPS) is 45.9. The van der Waals surface area contributed by atoms with Gasteiger partial charge in [-0.3, -0.25) is 0 Å². The van der Waals surface area contributed by atoms with Gasteiger partial charge in [0, 0.05) is 5.03 Å². The summed E-state index contributed by atoms with van der Waals surface area (Å²) in [5, 5.41) is 10.1. The fourth-order valence-corrected chi connectivity index (χ4v) is 2.62. The standard InChI is InChI=1S/C9H12BrClO3/c1-9(2)13-7-4(11)3-5(12)6(10)8(7)14-9/h3,5-8,12H,1-2H3/t5-,6+,7-,8+/m1/s1. The zero-order valence-electron chi connectivity index (χ0n) is 7.91. The molecule has 5 heteroatoms. The maximum Gasteiger partial charge on any atom is 0.164 e. The molecule has 0 radical (unpaired) electrons. The summed E-state index contributed by atoms with van der Waals surface area (Å²) in [6.45, 7) is 3.67. The van der Waals surface area contributed by atoms with Crippen molar-refractivity contribution in [2.75, 3.05) is 0 Å². The summed E-state index contributed by atoms with van der Waals surface area (Å²) in [5.41, 5.74) is 0. The molecule has 1 saturated heterocycles. The van der Waals surface area contributed by atoms with Gasteiger partial charge in [0.25, 0.3) is 0 Å². The number of hydrogen-bond donors (Lipinski definition) is 1. The highest BCUT2D eigenvalue weighted by atomic mass is 79.9. The predicted molar refractivity (Wildman–Crippen MR) is 56.5 cm³/mol. The fourth-order valence-electron chi connectivity index (χ4n) is 1.78. The van der Waals surface area contributed by atoms with Crippen molar-refractivity contribution in [3.8, 4) is 0 Å². The summed E-state index contributed by atoms with van der Waals surface area (Å²) < 4.78 is 11.3. The van der Waals surface area contributed by atoms with Crippen LogP contribution in [0.25, 0.3) is 0 Å². The van der Waals surface area contributed by atoms with Crippen LogP contribution in [0, 0.1) is 0 Å². The topological polar surface area (TPSA) is 38.7 Å². The Labute approximate surface area is 96.1 Å². The molecule has 0 bridgehead atoms. The lowest BCUT2D eigenvalue weighted by Crippen LogP contribution is -2.42. The minimum atomic E-state index is -0.639. The Balaban J connectivity index is 2.27. The quantitative estimate of drug-likeness (QED) is 0.689. The third kappa shape index (κ3) is 1.74. The minimum absolute atomic E-state index is 0.170. The van der Waals surface area contributed by atoms with Crippen molar-refractivity contribution in [2.24, 2.45) is 0 Å². The van der Waals surface area contributed by atoms with Crippen molar-refractivity contribution in [1.29, 1.82) is 0 Å². The summed E-state index contributed by atoms with van der Waals surface area (Å²) in [7, 11) is 0. The molecular weight excluding hydrogens is 271 g/mol. The highest BCUT2D eigenvalue weighted by molar-refractivity contribution is 9.09. The Kier molecular flexibility index (Phi) is 2.69. The molecule has 0 unspecified atom stereocenters. The number of halogens is 2. The number of ether oxygens (including phenoxy) is 2. The van der Waals surface area contributed by atoms with Gasteiger partial charge in [0.15, 0.2) is 5.79 Å². The zero-order chi connectivity index (χ0) is 10.5. The Bertz CT molecular complexity index is 279. The van der Waals surface area contributed by atoms with Gasteiger partial charge in [-0.05, 0) is 19.9 Å². The maximum absolute atomic E-state index is 9.62. The van der Waals surface area contributed by atoms with Gasteiger partial charge in [0.2, 0.25) is 0 Å². The molecule has 0 spiro atoms. The van der Waals surface area contributed by atoms with Crippen molar-refractivity contribution in [1.82, 2.24) is 0 Å². The van der Waals surface area contributed by atoms with Crippen LogP contribution >= 0.6 is 27.5 Å². The van der Waals surface area contributed by atoms with Crippen LogP contribution in [-0.4, -0.2) is 34.0 Å². The average Bonchev–Trinajstić information content (AvgIpc) is 2.38. The predicted octanol–water partition coefficient (Wildman–Crippen LogP) is 1.77. The number of fused-ring (bicyclic) bond motifs is 1. The lowest BCUT2D eigenvalue weighted by atomic mass is 9.99. The Hall–Kier alpha value is 0.390. The molecule has 0 amide bonds. The van der Waals surface area contributed by atoms with Crippen molar-refractivity contribution < 1.29 is 14.6 Å². The van der Waals surface area contributed by atoms with Gasteiger partial charge >= 0.3 is 0 Å². The van der Waals surface area contributed by atoms with Gasteiger partial charge in [-0.15, -0.1) is 0 Å². The molecule has 0 aromatic carbocycles. The first kappa shape index (κ1) is 10.9. The van der Waals surface area contributed by atoms with Crippen LogP contribution in [0.15, 0.2) is 11.1 Å². The highest BCUT2D eigenvalue weighted by Gasteiger charge is 2.49. The first-order chi connectivity index (χ1) is 6.41. The summed E-state index contributed by atoms with van der Waals surface area (Å²) in [5.74, 6) is -0.639. The van der Waals surface area contributed by atoms with Crippen LogP contribution in [-0.2, 0) is 9.47 Å².